The van der Waals surface area contributed by atoms with Crippen molar-refractivity contribution >= 4 is 0 Å². The quantitative estimate of drug-likeness (QED) is 0.408. The number of aliphatic hydroxyl groups excluding tert-OH is 1. The molecule has 0 aromatic carbocycles. The van der Waals surface area contributed by atoms with Crippen LogP contribution in [0.3, 0.4) is 0 Å². The predicted molar refractivity (Wildman–Crippen MR) is 73.2 cm³/mol. The van der Waals surface area contributed by atoms with Gasteiger partial charge in [0.25, 0.3) is 0 Å². The summed E-state index contributed by atoms with van der Waals surface area (Å²) in [6.07, 6.45) is 15.3. The average molecular weight is 222 g/mol. The van der Waals surface area contributed by atoms with Crippen LogP contribution in [0.15, 0.2) is 23.3 Å². The first-order valence-electron chi connectivity index (χ1n) is 5.84. The van der Waals surface area contributed by atoms with Crippen molar-refractivity contribution in [2.24, 2.45) is 0 Å². The summed E-state index contributed by atoms with van der Waals surface area (Å²) in [4.78, 5) is 0. The van der Waals surface area contributed by atoms with Gasteiger partial charge in [-0.3, -0.25) is 0 Å². The molecule has 0 atom stereocenters. The maximum Gasteiger partial charge on any atom is 0.0319 e. The highest BCUT2D eigenvalue weighted by Gasteiger charge is 1.88. The van der Waals surface area contributed by atoms with Gasteiger partial charge in [-0.2, -0.15) is 0 Å². The summed E-state index contributed by atoms with van der Waals surface area (Å²) in [6, 6.07) is 0. The van der Waals surface area contributed by atoms with E-state index in [0.29, 0.717) is 0 Å². The zero-order valence-electron chi connectivity index (χ0n) is 11.2. The molecule has 0 fully saturated rings. The number of unbranched alkanes of at least 4 members (excludes halogenated alkanes) is 2. The van der Waals surface area contributed by atoms with Crippen molar-refractivity contribution in [3.63, 3.8) is 0 Å². The highest BCUT2D eigenvalue weighted by Crippen LogP contribution is 2.08. The normalized spacial score (nSPS) is 9.88. The number of hydrogen-bond acceptors (Lipinski definition) is 1. The molecule has 92 valence electrons. The second-order valence-electron chi connectivity index (χ2n) is 3.97. The first kappa shape index (κ1) is 17.4. The lowest BCUT2D eigenvalue weighted by atomic mass is 10.1. The molecule has 0 amide bonds. The van der Waals surface area contributed by atoms with Crippen molar-refractivity contribution in [3.8, 4) is 12.3 Å². The first-order chi connectivity index (χ1) is 7.66. The summed E-state index contributed by atoms with van der Waals surface area (Å²) in [5, 5.41) is 7.00. The molecule has 0 aliphatic rings. The molecule has 16 heavy (non-hydrogen) atoms. The highest BCUT2D eigenvalue weighted by atomic mass is 16.2. The Morgan fingerprint density at radius 2 is 1.75 bits per heavy atom. The average Bonchev–Trinajstić information content (AvgIpc) is 2.27. The van der Waals surface area contributed by atoms with Crippen LogP contribution in [-0.2, 0) is 0 Å². The van der Waals surface area contributed by atoms with Gasteiger partial charge >= 0.3 is 0 Å². The van der Waals surface area contributed by atoms with Crippen LogP contribution in [0.4, 0.5) is 0 Å². The molecule has 0 spiro atoms. The highest BCUT2D eigenvalue weighted by molar-refractivity contribution is 5.02. The van der Waals surface area contributed by atoms with E-state index in [1.807, 2.05) is 0 Å². The van der Waals surface area contributed by atoms with Crippen LogP contribution in [0.2, 0.25) is 0 Å². The van der Waals surface area contributed by atoms with Gasteiger partial charge in [0.05, 0.1) is 0 Å². The molecular formula is C15H26O. The molecule has 0 unspecified atom stereocenters. The summed E-state index contributed by atoms with van der Waals surface area (Å²) in [6.45, 7) is 6.49. The minimum absolute atomic E-state index is 0.901. The second kappa shape index (κ2) is 14.0. The van der Waals surface area contributed by atoms with Gasteiger partial charge in [-0.15, -0.1) is 12.3 Å². The molecule has 0 aliphatic carbocycles. The van der Waals surface area contributed by atoms with E-state index < -0.39 is 0 Å². The topological polar surface area (TPSA) is 20.2 Å². The van der Waals surface area contributed by atoms with Crippen molar-refractivity contribution in [3.05, 3.63) is 23.3 Å². The third-order valence-electron chi connectivity index (χ3n) is 2.11. The van der Waals surface area contributed by atoms with Crippen LogP contribution in [0.5, 0.6) is 0 Å². The van der Waals surface area contributed by atoms with Gasteiger partial charge in [0, 0.05) is 13.5 Å². The predicted octanol–water partition coefficient (Wildman–Crippen LogP) is 4.09. The largest absolute Gasteiger partial charge is 0.400 e. The van der Waals surface area contributed by atoms with E-state index in [2.05, 4.69) is 38.8 Å². The minimum atomic E-state index is 0.901. The molecule has 0 aromatic rings. The standard InChI is InChI=1S/C14H22.CH4O/c1-5-6-7-8-11-14(4)12-9-10-13(2)3;1-2/h1,10-11H,6-9,12H2,2-4H3;2H,1H3/b14-11+;. The number of hydrogen-bond donors (Lipinski definition) is 1. The van der Waals surface area contributed by atoms with E-state index >= 15 is 0 Å². The number of rotatable bonds is 6. The molecule has 0 bridgehead atoms. The zero-order valence-corrected chi connectivity index (χ0v) is 11.2. The molecule has 1 nitrogen and oxygen atoms in total. The molecule has 0 rings (SSSR count). The Morgan fingerprint density at radius 1 is 1.12 bits per heavy atom. The zero-order chi connectivity index (χ0) is 12.8. The molecule has 0 saturated heterocycles. The monoisotopic (exact) mass is 222 g/mol. The van der Waals surface area contributed by atoms with E-state index in [-0.39, 0.29) is 0 Å². The third kappa shape index (κ3) is 15.5. The molecule has 0 aliphatic heterocycles. The molecule has 0 aromatic heterocycles. The van der Waals surface area contributed by atoms with Gasteiger partial charge in [-0.1, -0.05) is 23.3 Å². The Morgan fingerprint density at radius 3 is 2.25 bits per heavy atom. The SMILES string of the molecule is C#CCCC/C=C(\C)CCC=C(C)C.CO. The smallest absolute Gasteiger partial charge is 0.0319 e. The Hall–Kier alpha value is -1.00. The van der Waals surface area contributed by atoms with Gasteiger partial charge in [0.1, 0.15) is 0 Å². The van der Waals surface area contributed by atoms with Crippen molar-refractivity contribution < 1.29 is 5.11 Å². The third-order valence-corrected chi connectivity index (χ3v) is 2.11. The van der Waals surface area contributed by atoms with Crippen LogP contribution in [-0.4, -0.2) is 12.2 Å². The Bertz CT molecular complexity index is 237. The molecule has 0 heterocycles. The number of allylic oxidation sites excluding steroid dienone is 4. The summed E-state index contributed by atoms with van der Waals surface area (Å²) >= 11 is 0. The summed E-state index contributed by atoms with van der Waals surface area (Å²) in [5.74, 6) is 2.66. The molecule has 0 radical (unpaired) electrons. The number of aliphatic hydroxyl groups is 1. The number of terminal acetylenes is 1. The van der Waals surface area contributed by atoms with Crippen LogP contribution in [0, 0.1) is 12.3 Å². The van der Waals surface area contributed by atoms with Gasteiger partial charge in [-0.05, 0) is 46.5 Å². The summed E-state index contributed by atoms with van der Waals surface area (Å²) in [5.41, 5.74) is 2.89. The van der Waals surface area contributed by atoms with Gasteiger partial charge in [0.15, 0.2) is 0 Å². The van der Waals surface area contributed by atoms with E-state index in [9.17, 15) is 0 Å². The van der Waals surface area contributed by atoms with Gasteiger partial charge in [0.2, 0.25) is 0 Å². The van der Waals surface area contributed by atoms with E-state index in [0.717, 1.165) is 26.4 Å². The second-order valence-corrected chi connectivity index (χ2v) is 3.97. The summed E-state index contributed by atoms with van der Waals surface area (Å²) < 4.78 is 0. The fourth-order valence-electron chi connectivity index (χ4n) is 1.24. The van der Waals surface area contributed by atoms with E-state index in [4.69, 9.17) is 11.5 Å². The van der Waals surface area contributed by atoms with Gasteiger partial charge in [-0.25, -0.2) is 0 Å². The van der Waals surface area contributed by atoms with Crippen LogP contribution >= 0.6 is 0 Å². The lowest BCUT2D eigenvalue weighted by Gasteiger charge is -1.98. The maximum atomic E-state index is 7.00. The van der Waals surface area contributed by atoms with Crippen LogP contribution in [0.1, 0.15) is 52.9 Å². The van der Waals surface area contributed by atoms with Crippen molar-refractivity contribution in [1.82, 2.24) is 0 Å². The van der Waals surface area contributed by atoms with E-state index in [1.165, 1.54) is 24.0 Å². The minimum Gasteiger partial charge on any atom is -0.400 e. The van der Waals surface area contributed by atoms with Gasteiger partial charge < -0.3 is 5.11 Å². The van der Waals surface area contributed by atoms with Crippen molar-refractivity contribution in [2.45, 2.75) is 52.9 Å². The summed E-state index contributed by atoms with van der Waals surface area (Å²) in [7, 11) is 1.00. The molecule has 0 saturated carbocycles. The van der Waals surface area contributed by atoms with Crippen molar-refractivity contribution in [1.29, 1.82) is 0 Å². The lowest BCUT2D eigenvalue weighted by Crippen LogP contribution is -1.78. The molecular weight excluding hydrogens is 196 g/mol. The maximum absolute atomic E-state index is 7.00. The van der Waals surface area contributed by atoms with Crippen LogP contribution in [0.25, 0.3) is 0 Å². The molecule has 1 N–H and O–H groups in total. The van der Waals surface area contributed by atoms with Crippen molar-refractivity contribution in [2.75, 3.05) is 7.11 Å². The fraction of sp³-hybridized carbons (Fsp3) is 0.600. The molecule has 1 heteroatoms. The Kier molecular flexibility index (Phi) is 15.2. The fourth-order valence-corrected chi connectivity index (χ4v) is 1.24. The lowest BCUT2D eigenvalue weighted by molar-refractivity contribution is 0.399. The Labute approximate surface area is 101 Å². The first-order valence-corrected chi connectivity index (χ1v) is 5.84. The van der Waals surface area contributed by atoms with E-state index in [1.54, 1.807) is 0 Å². The Balaban J connectivity index is 0. The van der Waals surface area contributed by atoms with Crippen LogP contribution < -0.4 is 0 Å².